The summed E-state index contributed by atoms with van der Waals surface area (Å²) < 4.78 is 0. The Morgan fingerprint density at radius 2 is 1.03 bits per heavy atom. The smallest absolute Gasteiger partial charge is 0.320 e. The van der Waals surface area contributed by atoms with Crippen LogP contribution in [0.4, 0.5) is 5.69 Å². The van der Waals surface area contributed by atoms with Gasteiger partial charge in [-0.1, -0.05) is 115 Å². The number of nitrogens with two attached hydrogens (primary N) is 2. The molecular formula is C48H42N6O6. The first-order valence-electron chi connectivity index (χ1n) is 19.1. The molecule has 3 heterocycles. The van der Waals surface area contributed by atoms with E-state index in [-0.39, 0.29) is 12.1 Å². The van der Waals surface area contributed by atoms with Crippen molar-refractivity contribution in [1.82, 2.24) is 15.0 Å². The van der Waals surface area contributed by atoms with Gasteiger partial charge in [-0.05, 0) is 74.2 Å². The van der Waals surface area contributed by atoms with Gasteiger partial charge in [0.1, 0.15) is 12.1 Å². The van der Waals surface area contributed by atoms with E-state index >= 15 is 0 Å². The number of nitrogens with one attached hydrogen (secondary N) is 3. The molecule has 0 fully saturated rings. The number of aromatic nitrogens is 3. The van der Waals surface area contributed by atoms with Gasteiger partial charge in [0.05, 0.1) is 15.8 Å². The van der Waals surface area contributed by atoms with Gasteiger partial charge in [0.2, 0.25) is 0 Å². The molecule has 0 bridgehead atoms. The largest absolute Gasteiger partial charge is 0.480 e. The van der Waals surface area contributed by atoms with Crippen molar-refractivity contribution in [2.24, 2.45) is 11.5 Å². The lowest BCUT2D eigenvalue weighted by molar-refractivity contribution is -0.383. The van der Waals surface area contributed by atoms with E-state index in [4.69, 9.17) is 21.7 Å². The maximum absolute atomic E-state index is 11.5. The summed E-state index contributed by atoms with van der Waals surface area (Å²) in [6.45, 7) is 0. The van der Waals surface area contributed by atoms with E-state index in [1.807, 2.05) is 85.2 Å². The summed E-state index contributed by atoms with van der Waals surface area (Å²) in [4.78, 5) is 42.3. The zero-order chi connectivity index (χ0) is 42.2. The molecule has 0 unspecified atom stereocenters. The number of carbonyl (C=O) groups is 2. The number of aliphatic carboxylic acids is 2. The molecule has 9 N–H and O–H groups in total. The predicted molar refractivity (Wildman–Crippen MR) is 236 cm³/mol. The molecular weight excluding hydrogens is 757 g/mol. The Balaban J connectivity index is 0.000000139. The van der Waals surface area contributed by atoms with E-state index < -0.39 is 28.9 Å². The molecule has 12 nitrogen and oxygen atoms in total. The molecule has 6 aromatic carbocycles. The predicted octanol–water partition coefficient (Wildman–Crippen LogP) is 9.32. The van der Waals surface area contributed by atoms with Crippen molar-refractivity contribution in [3.05, 3.63) is 185 Å². The number of H-pyrrole nitrogens is 3. The van der Waals surface area contributed by atoms with Crippen LogP contribution in [0, 0.1) is 10.1 Å². The van der Waals surface area contributed by atoms with Crippen molar-refractivity contribution in [2.75, 3.05) is 0 Å². The molecule has 9 rings (SSSR count). The second kappa shape index (κ2) is 18.2. The van der Waals surface area contributed by atoms with Crippen LogP contribution in [0.25, 0.3) is 66.1 Å². The highest BCUT2D eigenvalue weighted by Gasteiger charge is 2.22. The molecule has 0 amide bonds. The minimum atomic E-state index is -1.15. The molecule has 2 atom stereocenters. The molecule has 60 heavy (non-hydrogen) atoms. The van der Waals surface area contributed by atoms with Crippen LogP contribution < -0.4 is 11.5 Å². The number of nitrogens with zero attached hydrogens (tertiary/aromatic N) is 1. The van der Waals surface area contributed by atoms with Crippen LogP contribution in [0.2, 0.25) is 0 Å². The fraction of sp³-hybridized carbons (Fsp3) is 0.0833. The number of nitro groups is 1. The van der Waals surface area contributed by atoms with Crippen LogP contribution in [0.5, 0.6) is 0 Å². The van der Waals surface area contributed by atoms with Crippen molar-refractivity contribution in [1.29, 1.82) is 0 Å². The summed E-state index contributed by atoms with van der Waals surface area (Å²) in [5.74, 6) is -2.13. The summed E-state index contributed by atoms with van der Waals surface area (Å²) >= 11 is 0. The molecule has 0 saturated heterocycles. The number of benzene rings is 6. The van der Waals surface area contributed by atoms with Crippen LogP contribution in [-0.2, 0) is 22.4 Å². The highest BCUT2D eigenvalue weighted by molar-refractivity contribution is 5.96. The first-order valence-corrected chi connectivity index (χ1v) is 19.1. The Hall–Kier alpha value is -7.80. The summed E-state index contributed by atoms with van der Waals surface area (Å²) in [7, 11) is 0. The molecule has 3 aromatic heterocycles. The van der Waals surface area contributed by atoms with Crippen molar-refractivity contribution in [3.63, 3.8) is 0 Å². The summed E-state index contributed by atoms with van der Waals surface area (Å²) in [5.41, 5.74) is 21.7. The van der Waals surface area contributed by atoms with Gasteiger partial charge >= 0.3 is 11.9 Å². The van der Waals surface area contributed by atoms with Gasteiger partial charge in [-0.2, -0.15) is 0 Å². The van der Waals surface area contributed by atoms with Crippen LogP contribution >= 0.6 is 0 Å². The fourth-order valence-corrected chi connectivity index (χ4v) is 7.09. The summed E-state index contributed by atoms with van der Waals surface area (Å²) in [5, 5.41) is 32.1. The van der Waals surface area contributed by atoms with Gasteiger partial charge in [0.25, 0.3) is 5.69 Å². The third kappa shape index (κ3) is 9.32. The number of hydrogen-bond acceptors (Lipinski definition) is 6. The topological polar surface area (TPSA) is 217 Å². The van der Waals surface area contributed by atoms with E-state index in [1.54, 1.807) is 6.20 Å². The third-order valence-electron chi connectivity index (χ3n) is 10.2. The lowest BCUT2D eigenvalue weighted by atomic mass is 9.99. The number of carboxylic acids is 2. The van der Waals surface area contributed by atoms with Gasteiger partial charge in [-0.25, -0.2) is 0 Å². The Morgan fingerprint density at radius 1 is 0.550 bits per heavy atom. The molecule has 0 aliphatic rings. The highest BCUT2D eigenvalue weighted by Crippen LogP contribution is 2.35. The quantitative estimate of drug-likeness (QED) is 0.0521. The van der Waals surface area contributed by atoms with Crippen LogP contribution in [0.1, 0.15) is 11.1 Å². The second-order valence-corrected chi connectivity index (χ2v) is 14.2. The van der Waals surface area contributed by atoms with Gasteiger partial charge in [-0.3, -0.25) is 19.7 Å². The first-order chi connectivity index (χ1) is 29.0. The third-order valence-corrected chi connectivity index (χ3v) is 10.2. The molecule has 0 aliphatic carbocycles. The zero-order valence-electron chi connectivity index (χ0n) is 32.3. The number of rotatable bonds is 10. The lowest BCUT2D eigenvalue weighted by Crippen LogP contribution is -2.32. The van der Waals surface area contributed by atoms with Gasteiger partial charge in [0.15, 0.2) is 0 Å². The highest BCUT2D eigenvalue weighted by atomic mass is 16.6. The maximum Gasteiger partial charge on any atom is 0.320 e. The van der Waals surface area contributed by atoms with E-state index in [0.29, 0.717) is 28.5 Å². The fourth-order valence-electron chi connectivity index (χ4n) is 7.09. The van der Waals surface area contributed by atoms with Crippen molar-refractivity contribution >= 4 is 50.3 Å². The Labute approximate surface area is 344 Å². The minimum Gasteiger partial charge on any atom is -0.480 e. The number of non-ortho nitro benzene ring substituents is 1. The van der Waals surface area contributed by atoms with Crippen LogP contribution in [-0.4, -0.2) is 54.1 Å². The summed E-state index contributed by atoms with van der Waals surface area (Å²) in [6, 6.07) is 45.9. The Bertz CT molecular complexity index is 2900. The molecule has 0 spiro atoms. The van der Waals surface area contributed by atoms with Gasteiger partial charge in [-0.15, -0.1) is 0 Å². The molecule has 0 radical (unpaired) electrons. The molecule has 9 aromatic rings. The van der Waals surface area contributed by atoms with E-state index in [9.17, 15) is 19.7 Å². The SMILES string of the molecule is N[C@@H](Cc1c[nH]c2cc(-c3ccccc3)cc([N+](=O)[O-])c12)C(=O)O.N[C@@H](Cc1c[nH]c2cc(-c3ccccc3)ccc12)C(=O)O.c1ccc(-c2ccc3cc[nH]c3c2)cc1. The number of fused-ring (bicyclic) bond motifs is 3. The molecule has 0 saturated carbocycles. The van der Waals surface area contributed by atoms with Crippen molar-refractivity contribution in [2.45, 2.75) is 24.9 Å². The number of hydrogen-bond donors (Lipinski definition) is 7. The van der Waals surface area contributed by atoms with E-state index in [2.05, 4.69) is 81.7 Å². The van der Waals surface area contributed by atoms with E-state index in [1.165, 1.54) is 28.1 Å². The van der Waals surface area contributed by atoms with Crippen molar-refractivity contribution in [3.8, 4) is 33.4 Å². The Kier molecular flexibility index (Phi) is 12.3. The van der Waals surface area contributed by atoms with Crippen molar-refractivity contribution < 1.29 is 24.7 Å². The minimum absolute atomic E-state index is 0.0147. The number of carboxylic acid groups (broad SMARTS) is 2. The number of nitro benzene ring substituents is 1. The molecule has 300 valence electrons. The summed E-state index contributed by atoms with van der Waals surface area (Å²) in [6.07, 6.45) is 5.72. The van der Waals surface area contributed by atoms with E-state index in [0.717, 1.165) is 33.2 Å². The van der Waals surface area contributed by atoms with Gasteiger partial charge in [0, 0.05) is 53.9 Å². The Morgan fingerprint density at radius 3 is 1.60 bits per heavy atom. The molecule has 0 aliphatic heterocycles. The first kappa shape index (κ1) is 40.4. The monoisotopic (exact) mass is 798 g/mol. The second-order valence-electron chi connectivity index (χ2n) is 14.2. The average molecular weight is 799 g/mol. The normalized spacial score (nSPS) is 11.9. The maximum atomic E-state index is 11.5. The van der Waals surface area contributed by atoms with Crippen LogP contribution in [0.15, 0.2) is 164 Å². The lowest BCUT2D eigenvalue weighted by Gasteiger charge is -2.07. The zero-order valence-corrected chi connectivity index (χ0v) is 32.3. The standard InChI is InChI=1S/C17H15N3O4.C17H16N2O2.C14H11N/c18-13(17(21)22)6-12-9-19-14-7-11(10-4-2-1-3-5-10)8-15(16(12)14)20(23)24;18-15(17(20)21)8-13-10-19-16-9-12(6-7-14(13)16)11-4-2-1-3-5-11;1-2-4-11(5-3-1)13-7-6-12-8-9-15-14(12)10-13/h1-5,7-9,13,19H,6,18H2,(H,21,22);1-7,9-10,15,19H,8,18H2,(H,20,21);1-10,15H/t13-;15-;/m00./s1. The molecule has 12 heteroatoms. The average Bonchev–Trinajstić information content (AvgIpc) is 4.03. The number of aromatic amines is 3. The van der Waals surface area contributed by atoms with Crippen LogP contribution in [0.3, 0.4) is 0 Å². The van der Waals surface area contributed by atoms with Gasteiger partial charge < -0.3 is 36.6 Å².